The molecule has 3 N–H and O–H groups in total. The number of hydrogen-bond acceptors (Lipinski definition) is 15. The number of rotatable bonds is 91. The number of ether oxygens (including phenoxy) is 4. The second-order valence-corrected chi connectivity index (χ2v) is 36.7. The van der Waals surface area contributed by atoms with Gasteiger partial charge in [0, 0.05) is 25.7 Å². The van der Waals surface area contributed by atoms with Crippen LogP contribution in [0.4, 0.5) is 0 Å². The van der Waals surface area contributed by atoms with Crippen LogP contribution in [0.1, 0.15) is 497 Å². The van der Waals surface area contributed by atoms with Gasteiger partial charge in [0.15, 0.2) is 12.2 Å². The van der Waals surface area contributed by atoms with Crippen molar-refractivity contribution in [3.05, 3.63) is 0 Å². The summed E-state index contributed by atoms with van der Waals surface area (Å²) in [4.78, 5) is 73.5. The molecule has 0 aromatic heterocycles. The van der Waals surface area contributed by atoms with Crippen LogP contribution in [0.25, 0.3) is 0 Å². The number of unbranched alkanes of at least 4 members (excludes halogenated alkanes) is 60. The quantitative estimate of drug-likeness (QED) is 0.0222. The molecule has 0 fully saturated rings. The number of phosphoric ester groups is 2. The Morgan fingerprint density at radius 1 is 0.261 bits per heavy atom. The first-order valence-electron chi connectivity index (χ1n) is 47.5. The molecule has 0 saturated carbocycles. The minimum atomic E-state index is -4.97. The van der Waals surface area contributed by atoms with Gasteiger partial charge >= 0.3 is 39.5 Å². The number of phosphoric acid groups is 2. The molecule has 0 spiro atoms. The normalized spacial score (nSPS) is 14.0. The topological polar surface area (TPSA) is 237 Å². The van der Waals surface area contributed by atoms with Gasteiger partial charge in [0.1, 0.15) is 19.3 Å². The van der Waals surface area contributed by atoms with Gasteiger partial charge in [-0.25, -0.2) is 9.13 Å². The molecule has 6 atom stereocenters. The zero-order valence-corrected chi connectivity index (χ0v) is 75.1. The van der Waals surface area contributed by atoms with Gasteiger partial charge in [-0.05, 0) is 37.5 Å². The minimum Gasteiger partial charge on any atom is -0.462 e. The van der Waals surface area contributed by atoms with E-state index >= 15 is 0 Å². The van der Waals surface area contributed by atoms with Crippen LogP contribution in [-0.2, 0) is 65.4 Å². The van der Waals surface area contributed by atoms with Crippen LogP contribution < -0.4 is 0 Å². The van der Waals surface area contributed by atoms with Crippen LogP contribution in [0.3, 0.4) is 0 Å². The average molecular weight is 1620 g/mol. The van der Waals surface area contributed by atoms with Gasteiger partial charge in [0.2, 0.25) is 0 Å². The van der Waals surface area contributed by atoms with Crippen LogP contribution in [0.5, 0.6) is 0 Å². The minimum absolute atomic E-state index is 0.108. The molecule has 0 aromatic rings. The molecule has 0 heterocycles. The van der Waals surface area contributed by atoms with E-state index in [-0.39, 0.29) is 25.7 Å². The summed E-state index contributed by atoms with van der Waals surface area (Å²) < 4.78 is 69.1. The molecular formula is C92H180O17P2. The van der Waals surface area contributed by atoms with Crippen molar-refractivity contribution in [1.82, 2.24) is 0 Å². The van der Waals surface area contributed by atoms with Gasteiger partial charge in [-0.2, -0.15) is 0 Å². The SMILES string of the molecule is CCCCCCCCCCCCCCCCCCCCCCCC(=O)O[C@H](COC(=O)CCCCCCCCCCCCCCCCCCCCCC)COP(=O)(O)OC[C@@H](O)COP(=O)(O)OC[C@@H](COC(=O)CCCCCCCCCCCC(C)C)OC(=O)CCCCCCCCCCCCCCCCC(C)CC. The van der Waals surface area contributed by atoms with E-state index in [0.29, 0.717) is 25.7 Å². The lowest BCUT2D eigenvalue weighted by molar-refractivity contribution is -0.161. The molecule has 17 nitrogen and oxygen atoms in total. The zero-order chi connectivity index (χ0) is 81.3. The number of carbonyl (C=O) groups is 4. The number of hydrogen-bond donors (Lipinski definition) is 3. The fourth-order valence-corrected chi connectivity index (χ4v) is 16.0. The molecule has 0 saturated heterocycles. The number of carbonyl (C=O) groups excluding carboxylic acids is 4. The smallest absolute Gasteiger partial charge is 0.462 e. The third-order valence-electron chi connectivity index (χ3n) is 22.1. The Bertz CT molecular complexity index is 2120. The molecule has 0 aliphatic rings. The summed E-state index contributed by atoms with van der Waals surface area (Å²) in [7, 11) is -9.94. The van der Waals surface area contributed by atoms with Crippen molar-refractivity contribution in [1.29, 1.82) is 0 Å². The highest BCUT2D eigenvalue weighted by Crippen LogP contribution is 2.45. The zero-order valence-electron chi connectivity index (χ0n) is 73.3. The van der Waals surface area contributed by atoms with E-state index < -0.39 is 97.5 Å². The van der Waals surface area contributed by atoms with Crippen LogP contribution in [-0.4, -0.2) is 96.7 Å². The van der Waals surface area contributed by atoms with E-state index in [0.717, 1.165) is 102 Å². The lowest BCUT2D eigenvalue weighted by Crippen LogP contribution is -2.30. The van der Waals surface area contributed by atoms with Crippen molar-refractivity contribution in [2.75, 3.05) is 39.6 Å². The second-order valence-electron chi connectivity index (χ2n) is 33.8. The lowest BCUT2D eigenvalue weighted by atomic mass is 9.99. The largest absolute Gasteiger partial charge is 0.472 e. The first-order chi connectivity index (χ1) is 53.9. The Labute approximate surface area is 683 Å². The third-order valence-corrected chi connectivity index (χ3v) is 24.0. The van der Waals surface area contributed by atoms with Gasteiger partial charge in [-0.1, -0.05) is 446 Å². The maximum Gasteiger partial charge on any atom is 0.472 e. The van der Waals surface area contributed by atoms with Gasteiger partial charge < -0.3 is 33.8 Å². The van der Waals surface area contributed by atoms with Crippen molar-refractivity contribution in [3.8, 4) is 0 Å². The van der Waals surface area contributed by atoms with E-state index in [4.69, 9.17) is 37.0 Å². The highest BCUT2D eigenvalue weighted by Gasteiger charge is 2.31. The Kier molecular flexibility index (Phi) is 81.7. The van der Waals surface area contributed by atoms with Crippen molar-refractivity contribution < 1.29 is 80.2 Å². The standard InChI is InChI=1S/C92H180O17P2/c1-7-10-12-14-16-18-20-22-24-26-28-30-32-34-36-41-45-51-58-64-70-76-91(96)108-87(80-102-89(94)74-68-62-56-50-44-40-35-33-31-29-27-25-23-21-19-17-15-13-11-8-2)82-106-110(98,99)104-78-86(93)79-105-111(100,101)107-83-88(81-103-90(95)75-69-63-57-53-47-48-54-60-66-72-84(4)5)109-92(97)77-71-65-59-52-46-42-38-37-39-43-49-55-61-67-73-85(6)9-3/h84-88,93H,7-83H2,1-6H3,(H,98,99)(H,100,101)/t85?,86-,87-,88-/m1/s1. The molecule has 111 heavy (non-hydrogen) atoms. The number of esters is 4. The fourth-order valence-electron chi connectivity index (χ4n) is 14.4. The summed E-state index contributed by atoms with van der Waals surface area (Å²) in [6.45, 7) is 9.74. The highest BCUT2D eigenvalue weighted by atomic mass is 31.2. The van der Waals surface area contributed by atoms with Gasteiger partial charge in [0.05, 0.1) is 26.4 Å². The molecule has 660 valence electrons. The second kappa shape index (κ2) is 83.1. The highest BCUT2D eigenvalue weighted by molar-refractivity contribution is 7.47. The summed E-state index contributed by atoms with van der Waals surface area (Å²) in [6.07, 6.45) is 77.9. The average Bonchev–Trinajstić information content (AvgIpc) is 0.900. The van der Waals surface area contributed by atoms with Crippen LogP contribution in [0, 0.1) is 11.8 Å². The Morgan fingerprint density at radius 2 is 0.459 bits per heavy atom. The summed E-state index contributed by atoms with van der Waals surface area (Å²) >= 11 is 0. The van der Waals surface area contributed by atoms with Crippen LogP contribution in [0.2, 0.25) is 0 Å². The van der Waals surface area contributed by atoms with Gasteiger partial charge in [-0.15, -0.1) is 0 Å². The first kappa shape index (κ1) is 109. The molecule has 0 rings (SSSR count). The maximum absolute atomic E-state index is 13.2. The predicted molar refractivity (Wildman–Crippen MR) is 460 cm³/mol. The summed E-state index contributed by atoms with van der Waals surface area (Å²) in [5.41, 5.74) is 0. The predicted octanol–water partition coefficient (Wildman–Crippen LogP) is 28.6. The van der Waals surface area contributed by atoms with Crippen molar-refractivity contribution in [3.63, 3.8) is 0 Å². The van der Waals surface area contributed by atoms with Gasteiger partial charge in [0.25, 0.3) is 0 Å². The van der Waals surface area contributed by atoms with E-state index in [1.807, 2.05) is 0 Å². The molecule has 0 radical (unpaired) electrons. The van der Waals surface area contributed by atoms with Crippen molar-refractivity contribution >= 4 is 39.5 Å². The molecule has 19 heteroatoms. The first-order valence-corrected chi connectivity index (χ1v) is 50.5. The van der Waals surface area contributed by atoms with Gasteiger partial charge in [-0.3, -0.25) is 37.3 Å². The summed E-state index contributed by atoms with van der Waals surface area (Å²) in [5.74, 6) is -0.506. The molecule has 0 aliphatic heterocycles. The molecule has 0 aliphatic carbocycles. The lowest BCUT2D eigenvalue weighted by Gasteiger charge is -2.21. The monoisotopic (exact) mass is 1620 g/mol. The molecule has 3 unspecified atom stereocenters. The number of aliphatic hydroxyl groups is 1. The fraction of sp³-hybridized carbons (Fsp3) is 0.957. The van der Waals surface area contributed by atoms with E-state index in [1.165, 1.54) is 315 Å². The maximum atomic E-state index is 13.2. The Hall–Kier alpha value is -1.94. The van der Waals surface area contributed by atoms with Crippen molar-refractivity contribution in [2.45, 2.75) is 516 Å². The van der Waals surface area contributed by atoms with E-state index in [2.05, 4.69) is 41.5 Å². The van der Waals surface area contributed by atoms with E-state index in [1.54, 1.807) is 0 Å². The van der Waals surface area contributed by atoms with E-state index in [9.17, 15) is 43.2 Å². The summed E-state index contributed by atoms with van der Waals surface area (Å²) in [5, 5.41) is 10.7. The Morgan fingerprint density at radius 3 is 0.685 bits per heavy atom. The molecule has 0 aromatic carbocycles. The molecular weight excluding hydrogens is 1440 g/mol. The summed E-state index contributed by atoms with van der Waals surface area (Å²) in [6, 6.07) is 0. The van der Waals surface area contributed by atoms with Crippen molar-refractivity contribution in [2.24, 2.45) is 11.8 Å². The third kappa shape index (κ3) is 84.3. The van der Waals surface area contributed by atoms with Crippen LogP contribution >= 0.6 is 15.6 Å². The van der Waals surface area contributed by atoms with Crippen LogP contribution in [0.15, 0.2) is 0 Å². The Balaban J connectivity index is 5.25. The molecule has 0 bridgehead atoms. The molecule has 0 amide bonds. The number of aliphatic hydroxyl groups excluding tert-OH is 1.